The third-order valence-corrected chi connectivity index (χ3v) is 4.04. The van der Waals surface area contributed by atoms with Gasteiger partial charge in [-0.25, -0.2) is 0 Å². The van der Waals surface area contributed by atoms with Gasteiger partial charge in [-0.15, -0.1) is 0 Å². The van der Waals surface area contributed by atoms with Crippen LogP contribution in [0.15, 0.2) is 48.7 Å². The first-order valence-electron chi connectivity index (χ1n) is 7.32. The smallest absolute Gasteiger partial charge is 0.251 e. The second kappa shape index (κ2) is 6.15. The highest BCUT2D eigenvalue weighted by molar-refractivity contribution is 5.94. The molecule has 1 aliphatic carbocycles. The minimum absolute atomic E-state index is 0.125. The summed E-state index contributed by atoms with van der Waals surface area (Å²) in [5.41, 5.74) is 1.28. The number of aliphatic hydroxyl groups is 1. The molecule has 2 aromatic rings. The molecule has 0 radical (unpaired) electrons. The van der Waals surface area contributed by atoms with E-state index in [0.717, 1.165) is 5.69 Å². The number of amides is 1. The monoisotopic (exact) mass is 298 g/mol. The summed E-state index contributed by atoms with van der Waals surface area (Å²) < 4.78 is 0. The van der Waals surface area contributed by atoms with E-state index in [2.05, 4.69) is 10.3 Å². The summed E-state index contributed by atoms with van der Waals surface area (Å²) in [6.45, 7) is 0. The number of pyridine rings is 1. The van der Waals surface area contributed by atoms with Gasteiger partial charge in [-0.2, -0.15) is 0 Å². The number of phenols is 1. The molecule has 0 spiro atoms. The molecule has 3 rings (SSSR count). The highest BCUT2D eigenvalue weighted by Crippen LogP contribution is 2.37. The predicted molar refractivity (Wildman–Crippen MR) is 81.3 cm³/mol. The fraction of sp³-hybridized carbons (Fsp3) is 0.294. The minimum Gasteiger partial charge on any atom is -0.508 e. The number of carbonyl (C=O) groups is 1. The Hall–Kier alpha value is -2.40. The van der Waals surface area contributed by atoms with Gasteiger partial charge in [-0.1, -0.05) is 6.07 Å². The first kappa shape index (κ1) is 14.5. The predicted octanol–water partition coefficient (Wildman–Crippen LogP) is 2.03. The summed E-state index contributed by atoms with van der Waals surface area (Å²) in [6.07, 6.45) is 2.74. The first-order valence-corrected chi connectivity index (χ1v) is 7.32. The molecule has 1 aromatic heterocycles. The lowest BCUT2D eigenvalue weighted by molar-refractivity contribution is 0.0228. The highest BCUT2D eigenvalue weighted by Gasteiger charge is 2.36. The van der Waals surface area contributed by atoms with E-state index >= 15 is 0 Å². The largest absolute Gasteiger partial charge is 0.508 e. The maximum atomic E-state index is 12.4. The summed E-state index contributed by atoms with van der Waals surface area (Å²) in [6, 6.07) is 11.5. The van der Waals surface area contributed by atoms with Crippen molar-refractivity contribution in [3.05, 3.63) is 59.9 Å². The number of benzene rings is 1. The van der Waals surface area contributed by atoms with Gasteiger partial charge in [-0.05, 0) is 55.2 Å². The van der Waals surface area contributed by atoms with E-state index in [1.165, 1.54) is 12.1 Å². The Bertz CT molecular complexity index is 637. The molecule has 1 amide bonds. The SMILES string of the molecule is O=C(N[C@H](c1ccccn1)C1CC(O)C1)c1ccc(O)cc1. The average Bonchev–Trinajstić information content (AvgIpc) is 2.51. The molecule has 0 aliphatic heterocycles. The zero-order valence-corrected chi connectivity index (χ0v) is 12.0. The minimum atomic E-state index is -0.290. The van der Waals surface area contributed by atoms with Crippen molar-refractivity contribution in [2.45, 2.75) is 25.0 Å². The van der Waals surface area contributed by atoms with Gasteiger partial charge in [-0.3, -0.25) is 9.78 Å². The highest BCUT2D eigenvalue weighted by atomic mass is 16.3. The lowest BCUT2D eigenvalue weighted by Gasteiger charge is -2.37. The summed E-state index contributed by atoms with van der Waals surface area (Å²) in [4.78, 5) is 16.7. The summed E-state index contributed by atoms with van der Waals surface area (Å²) >= 11 is 0. The molecule has 5 heteroatoms. The van der Waals surface area contributed by atoms with Gasteiger partial charge in [0, 0.05) is 11.8 Å². The quantitative estimate of drug-likeness (QED) is 0.806. The molecule has 1 saturated carbocycles. The number of hydrogen-bond donors (Lipinski definition) is 3. The van der Waals surface area contributed by atoms with E-state index in [1.807, 2.05) is 18.2 Å². The number of aliphatic hydroxyl groups excluding tert-OH is 1. The van der Waals surface area contributed by atoms with E-state index in [1.54, 1.807) is 18.3 Å². The Morgan fingerprint density at radius 2 is 1.91 bits per heavy atom. The fourth-order valence-corrected chi connectivity index (χ4v) is 2.73. The third-order valence-electron chi connectivity index (χ3n) is 4.04. The molecule has 3 N–H and O–H groups in total. The number of carbonyl (C=O) groups excluding carboxylic acids is 1. The van der Waals surface area contributed by atoms with Crippen molar-refractivity contribution in [2.24, 2.45) is 5.92 Å². The standard InChI is InChI=1S/C17H18N2O3/c20-13-6-4-11(5-7-13)17(22)19-16(12-9-14(21)10-12)15-3-1-2-8-18-15/h1-8,12,14,16,20-21H,9-10H2,(H,19,22)/t12?,14?,16-/m0/s1. The molecule has 22 heavy (non-hydrogen) atoms. The van der Waals surface area contributed by atoms with Crippen molar-refractivity contribution in [1.29, 1.82) is 0 Å². The summed E-state index contributed by atoms with van der Waals surface area (Å²) in [5.74, 6) is 0.1000. The summed E-state index contributed by atoms with van der Waals surface area (Å²) in [7, 11) is 0. The Labute approximate surface area is 128 Å². The Balaban J connectivity index is 1.78. The lowest BCUT2D eigenvalue weighted by atomic mass is 9.76. The molecule has 0 saturated heterocycles. The van der Waals surface area contributed by atoms with Crippen LogP contribution >= 0.6 is 0 Å². The molecule has 0 bridgehead atoms. The summed E-state index contributed by atoms with van der Waals surface area (Å²) in [5, 5.41) is 21.8. The van der Waals surface area contributed by atoms with Crippen molar-refractivity contribution in [3.63, 3.8) is 0 Å². The molecular formula is C17H18N2O3. The first-order chi connectivity index (χ1) is 10.6. The molecule has 5 nitrogen and oxygen atoms in total. The Morgan fingerprint density at radius 1 is 1.18 bits per heavy atom. The molecule has 1 heterocycles. The van der Waals surface area contributed by atoms with Gasteiger partial charge in [0.1, 0.15) is 5.75 Å². The van der Waals surface area contributed by atoms with Crippen molar-refractivity contribution in [1.82, 2.24) is 10.3 Å². The maximum Gasteiger partial charge on any atom is 0.251 e. The Kier molecular flexibility index (Phi) is 4.06. The lowest BCUT2D eigenvalue weighted by Crippen LogP contribution is -2.41. The number of rotatable bonds is 4. The van der Waals surface area contributed by atoms with E-state index in [-0.39, 0.29) is 29.7 Å². The molecule has 0 unspecified atom stereocenters. The second-order valence-electron chi connectivity index (χ2n) is 5.64. The Morgan fingerprint density at radius 3 is 2.50 bits per heavy atom. The zero-order chi connectivity index (χ0) is 15.5. The molecule has 1 fully saturated rings. The van der Waals surface area contributed by atoms with E-state index in [0.29, 0.717) is 18.4 Å². The van der Waals surface area contributed by atoms with Crippen molar-refractivity contribution < 1.29 is 15.0 Å². The molecule has 1 aromatic carbocycles. The topological polar surface area (TPSA) is 82.5 Å². The van der Waals surface area contributed by atoms with Crippen LogP contribution in [0.5, 0.6) is 5.75 Å². The van der Waals surface area contributed by atoms with Crippen LogP contribution in [0.2, 0.25) is 0 Å². The molecular weight excluding hydrogens is 280 g/mol. The van der Waals surface area contributed by atoms with Crippen LogP contribution in [0.1, 0.15) is 34.9 Å². The zero-order valence-electron chi connectivity index (χ0n) is 12.0. The maximum absolute atomic E-state index is 12.4. The molecule has 1 aliphatic rings. The molecule has 1 atom stereocenters. The van der Waals surface area contributed by atoms with Crippen LogP contribution in [0, 0.1) is 5.92 Å². The second-order valence-corrected chi connectivity index (χ2v) is 5.64. The number of hydrogen-bond acceptors (Lipinski definition) is 4. The van der Waals surface area contributed by atoms with Crippen molar-refractivity contribution in [2.75, 3.05) is 0 Å². The van der Waals surface area contributed by atoms with E-state index in [4.69, 9.17) is 0 Å². The van der Waals surface area contributed by atoms with E-state index < -0.39 is 0 Å². The number of aromatic hydroxyl groups is 1. The van der Waals surface area contributed by atoms with Crippen LogP contribution < -0.4 is 5.32 Å². The van der Waals surface area contributed by atoms with Crippen LogP contribution in [-0.2, 0) is 0 Å². The number of nitrogens with one attached hydrogen (secondary N) is 1. The van der Waals surface area contributed by atoms with Crippen LogP contribution in [0.3, 0.4) is 0 Å². The average molecular weight is 298 g/mol. The molecule has 114 valence electrons. The van der Waals surface area contributed by atoms with Crippen molar-refractivity contribution >= 4 is 5.91 Å². The van der Waals surface area contributed by atoms with Crippen LogP contribution in [0.4, 0.5) is 0 Å². The van der Waals surface area contributed by atoms with Gasteiger partial charge in [0.15, 0.2) is 0 Å². The van der Waals surface area contributed by atoms with Crippen molar-refractivity contribution in [3.8, 4) is 5.75 Å². The van der Waals surface area contributed by atoms with Gasteiger partial charge in [0.25, 0.3) is 5.91 Å². The third kappa shape index (κ3) is 3.09. The van der Waals surface area contributed by atoms with Gasteiger partial charge in [0.05, 0.1) is 17.8 Å². The van der Waals surface area contributed by atoms with Crippen LogP contribution in [-0.4, -0.2) is 27.2 Å². The fourth-order valence-electron chi connectivity index (χ4n) is 2.73. The van der Waals surface area contributed by atoms with Crippen LogP contribution in [0.25, 0.3) is 0 Å². The van der Waals surface area contributed by atoms with Gasteiger partial charge < -0.3 is 15.5 Å². The normalized spacial score (nSPS) is 21.7. The van der Waals surface area contributed by atoms with Gasteiger partial charge >= 0.3 is 0 Å². The van der Waals surface area contributed by atoms with Gasteiger partial charge in [0.2, 0.25) is 0 Å². The van der Waals surface area contributed by atoms with E-state index in [9.17, 15) is 15.0 Å². The number of phenolic OH excluding ortho intramolecular Hbond substituents is 1. The number of nitrogens with zero attached hydrogens (tertiary/aromatic N) is 1. The number of aromatic nitrogens is 1.